The number of benzene rings is 2. The molecule has 13 heteroatoms. The van der Waals surface area contributed by atoms with Crippen molar-refractivity contribution < 1.29 is 33.3 Å². The van der Waals surface area contributed by atoms with Gasteiger partial charge in [-0.25, -0.2) is 19.6 Å². The molecule has 2 aromatic heterocycles. The number of urea groups is 1. The summed E-state index contributed by atoms with van der Waals surface area (Å²) in [4.78, 5) is 55.7. The van der Waals surface area contributed by atoms with Crippen LogP contribution in [-0.2, 0) is 20.9 Å². The van der Waals surface area contributed by atoms with Gasteiger partial charge in [-0.05, 0) is 68.4 Å². The summed E-state index contributed by atoms with van der Waals surface area (Å²) in [5.41, 5.74) is 2.10. The SMILES string of the molecule is CCOC(=O)C12CC1/C=C\CCCCN(Cc1ccc(OC)cc1)C(=O)N1CC(Oc3cc(-c4nc(C(C)C)cs4)nc4cc(OC)ccc34)CC1C(=O)N2. The molecule has 55 heavy (non-hydrogen) atoms. The van der Waals surface area contributed by atoms with Crippen molar-refractivity contribution >= 4 is 40.1 Å². The fraction of sp³-hybridized carbons (Fsp3) is 0.452. The highest BCUT2D eigenvalue weighted by molar-refractivity contribution is 7.13. The zero-order valence-corrected chi connectivity index (χ0v) is 32.9. The van der Waals surface area contributed by atoms with E-state index in [4.69, 9.17) is 28.9 Å². The van der Waals surface area contributed by atoms with Crippen molar-refractivity contribution in [1.29, 1.82) is 0 Å². The summed E-state index contributed by atoms with van der Waals surface area (Å²) >= 11 is 1.52. The third kappa shape index (κ3) is 8.12. The number of esters is 1. The normalized spacial score (nSPS) is 23.4. The van der Waals surface area contributed by atoms with E-state index in [-0.39, 0.29) is 37.4 Å². The van der Waals surface area contributed by atoms with Gasteiger partial charge in [0.05, 0.1) is 38.6 Å². The first-order chi connectivity index (χ1) is 26.6. The summed E-state index contributed by atoms with van der Waals surface area (Å²) in [6, 6.07) is 14.0. The number of amides is 3. The van der Waals surface area contributed by atoms with Crippen LogP contribution in [0.4, 0.5) is 4.79 Å². The van der Waals surface area contributed by atoms with Crippen LogP contribution < -0.4 is 19.5 Å². The molecular weight excluding hydrogens is 719 g/mol. The van der Waals surface area contributed by atoms with Crippen LogP contribution in [0.15, 0.2) is 66.1 Å². The van der Waals surface area contributed by atoms with Gasteiger partial charge in [0, 0.05) is 48.3 Å². The molecule has 0 bridgehead atoms. The Morgan fingerprint density at radius 3 is 2.55 bits per heavy atom. The lowest BCUT2D eigenvalue weighted by Gasteiger charge is -2.32. The number of rotatable bonds is 10. The summed E-state index contributed by atoms with van der Waals surface area (Å²) in [7, 11) is 3.23. The molecule has 2 aromatic carbocycles. The van der Waals surface area contributed by atoms with E-state index in [0.29, 0.717) is 42.2 Å². The minimum Gasteiger partial charge on any atom is -0.497 e. The topological polar surface area (TPSA) is 132 Å². The van der Waals surface area contributed by atoms with Crippen LogP contribution in [0, 0.1) is 5.92 Å². The van der Waals surface area contributed by atoms with Crippen molar-refractivity contribution in [3.05, 3.63) is 77.3 Å². The molecule has 4 atom stereocenters. The maximum Gasteiger partial charge on any atom is 0.332 e. The molecule has 1 saturated carbocycles. The Morgan fingerprint density at radius 1 is 1.04 bits per heavy atom. The maximum absolute atomic E-state index is 14.7. The van der Waals surface area contributed by atoms with Crippen LogP contribution in [0.1, 0.15) is 70.1 Å². The number of hydrogen-bond donors (Lipinski definition) is 1. The number of carbonyl (C=O) groups excluding carboxylic acids is 3. The Hall–Kier alpha value is -5.17. The number of carbonyl (C=O) groups is 3. The van der Waals surface area contributed by atoms with Gasteiger partial charge in [0.25, 0.3) is 0 Å². The first-order valence-electron chi connectivity index (χ1n) is 19.1. The zero-order valence-electron chi connectivity index (χ0n) is 32.1. The molecule has 2 aliphatic heterocycles. The third-order valence-corrected chi connectivity index (χ3v) is 11.5. The Bertz CT molecular complexity index is 2070. The largest absolute Gasteiger partial charge is 0.497 e. The lowest BCUT2D eigenvalue weighted by atomic mass is 10.1. The average Bonchev–Trinajstić information content (AvgIpc) is 3.48. The molecule has 4 aromatic rings. The number of nitrogens with zero attached hydrogens (tertiary/aromatic N) is 4. The molecular formula is C42H49N5O7S. The number of thiazole rings is 1. The van der Waals surface area contributed by atoms with E-state index in [0.717, 1.165) is 46.7 Å². The first-order valence-corrected chi connectivity index (χ1v) is 20.0. The summed E-state index contributed by atoms with van der Waals surface area (Å²) in [6.07, 6.45) is 6.65. The fourth-order valence-electron chi connectivity index (χ4n) is 7.42. The Balaban J connectivity index is 1.23. The molecule has 0 radical (unpaired) electrons. The highest BCUT2D eigenvalue weighted by Crippen LogP contribution is 2.46. The van der Waals surface area contributed by atoms with Gasteiger partial charge in [0.15, 0.2) is 0 Å². The molecule has 1 N–H and O–H groups in total. The Morgan fingerprint density at radius 2 is 1.82 bits per heavy atom. The second kappa shape index (κ2) is 16.3. The van der Waals surface area contributed by atoms with Crippen molar-refractivity contribution in [2.24, 2.45) is 5.92 Å². The van der Waals surface area contributed by atoms with Gasteiger partial charge in [-0.2, -0.15) is 0 Å². The number of allylic oxidation sites excluding steroid dienone is 1. The smallest absolute Gasteiger partial charge is 0.332 e. The number of methoxy groups -OCH3 is 2. The second-order valence-corrected chi connectivity index (χ2v) is 15.6. The van der Waals surface area contributed by atoms with Crippen molar-refractivity contribution in [3.8, 4) is 28.0 Å². The molecule has 4 heterocycles. The third-order valence-electron chi connectivity index (χ3n) is 10.6. The zero-order chi connectivity index (χ0) is 38.7. The van der Waals surface area contributed by atoms with Crippen LogP contribution in [0.25, 0.3) is 21.6 Å². The lowest BCUT2D eigenvalue weighted by Crippen LogP contribution is -2.55. The van der Waals surface area contributed by atoms with Crippen LogP contribution in [0.3, 0.4) is 0 Å². The summed E-state index contributed by atoms with van der Waals surface area (Å²) in [6.45, 7) is 7.19. The van der Waals surface area contributed by atoms with E-state index < -0.39 is 29.6 Å². The molecule has 1 aliphatic carbocycles. The van der Waals surface area contributed by atoms with Gasteiger partial charge in [0.1, 0.15) is 45.6 Å². The molecule has 3 amide bonds. The number of nitrogens with one attached hydrogen (secondary N) is 1. The van der Waals surface area contributed by atoms with E-state index in [2.05, 4.69) is 25.2 Å². The van der Waals surface area contributed by atoms with Crippen LogP contribution in [0.2, 0.25) is 0 Å². The van der Waals surface area contributed by atoms with Gasteiger partial charge >= 0.3 is 12.0 Å². The Labute approximate surface area is 325 Å². The van der Waals surface area contributed by atoms with Crippen molar-refractivity contribution in [2.45, 2.75) is 83.0 Å². The molecule has 4 unspecified atom stereocenters. The fourth-order valence-corrected chi connectivity index (χ4v) is 8.36. The molecule has 12 nitrogen and oxygen atoms in total. The van der Waals surface area contributed by atoms with Crippen molar-refractivity contribution in [2.75, 3.05) is 33.9 Å². The number of fused-ring (bicyclic) bond motifs is 3. The number of aromatic nitrogens is 2. The number of hydrogen-bond acceptors (Lipinski definition) is 10. The van der Waals surface area contributed by atoms with E-state index in [1.165, 1.54) is 11.3 Å². The minimum atomic E-state index is -1.16. The number of pyridine rings is 1. The molecule has 7 rings (SSSR count). The summed E-state index contributed by atoms with van der Waals surface area (Å²) < 4.78 is 23.2. The van der Waals surface area contributed by atoms with E-state index >= 15 is 0 Å². The van der Waals surface area contributed by atoms with E-state index in [1.54, 1.807) is 26.0 Å². The molecule has 290 valence electrons. The predicted molar refractivity (Wildman–Crippen MR) is 210 cm³/mol. The average molecular weight is 768 g/mol. The monoisotopic (exact) mass is 767 g/mol. The van der Waals surface area contributed by atoms with Gasteiger partial charge < -0.3 is 34.1 Å². The summed E-state index contributed by atoms with van der Waals surface area (Å²) in [5, 5.41) is 6.65. The minimum absolute atomic E-state index is 0.163. The lowest BCUT2D eigenvalue weighted by molar-refractivity contribution is -0.149. The van der Waals surface area contributed by atoms with E-state index in [1.807, 2.05) is 64.9 Å². The molecule has 0 spiro atoms. The summed E-state index contributed by atoms with van der Waals surface area (Å²) in [5.74, 6) is 1.18. The standard InChI is InChI=1S/C42H49N5O7S/c1-6-53-40(49)42-22-28(42)11-9-7-8-10-18-46(23-27-12-14-29(51-4)15-13-27)41(50)47-24-31(20-36(47)38(48)45-42)54-37-21-34(39-44-35(25-55-39)26(2)3)43-33-19-30(52-5)16-17-32(33)37/h9,11-17,19,21,25-26,28,31,36H,6-8,10,18,20,22-24H2,1-5H3,(H,45,48)/b11-9-. The van der Waals surface area contributed by atoms with Gasteiger partial charge in [-0.15, -0.1) is 11.3 Å². The van der Waals surface area contributed by atoms with Crippen molar-refractivity contribution in [1.82, 2.24) is 25.1 Å². The van der Waals surface area contributed by atoms with Crippen LogP contribution >= 0.6 is 11.3 Å². The molecule has 3 aliphatic rings. The Kier molecular flexibility index (Phi) is 11.3. The highest BCUT2D eigenvalue weighted by atomic mass is 32.1. The maximum atomic E-state index is 14.7. The second-order valence-electron chi connectivity index (χ2n) is 14.7. The quantitative estimate of drug-likeness (QED) is 0.132. The van der Waals surface area contributed by atoms with Gasteiger partial charge in [0.2, 0.25) is 5.91 Å². The predicted octanol–water partition coefficient (Wildman–Crippen LogP) is 7.12. The number of ether oxygens (including phenoxy) is 4. The highest BCUT2D eigenvalue weighted by Gasteiger charge is 2.62. The first kappa shape index (κ1) is 38.1. The van der Waals surface area contributed by atoms with Crippen molar-refractivity contribution in [3.63, 3.8) is 0 Å². The molecule has 1 saturated heterocycles. The van der Waals surface area contributed by atoms with Gasteiger partial charge in [-0.1, -0.05) is 38.1 Å². The van der Waals surface area contributed by atoms with Gasteiger partial charge in [-0.3, -0.25) is 4.79 Å². The van der Waals surface area contributed by atoms with Crippen LogP contribution in [0.5, 0.6) is 17.2 Å². The van der Waals surface area contributed by atoms with E-state index in [9.17, 15) is 14.4 Å². The van der Waals surface area contributed by atoms with Crippen LogP contribution in [-0.4, -0.2) is 89.3 Å². The molecule has 2 fully saturated rings.